The summed E-state index contributed by atoms with van der Waals surface area (Å²) in [5.74, 6) is 0.187. The van der Waals surface area contributed by atoms with Crippen LogP contribution in [-0.2, 0) is 0 Å². The molecule has 0 fully saturated rings. The molecular weight excluding hydrogens is 224 g/mol. The number of carbonyl (C=O) groups is 1. The van der Waals surface area contributed by atoms with Crippen molar-refractivity contribution in [2.24, 2.45) is 0 Å². The number of hydrogen-bond acceptors (Lipinski definition) is 2. The Kier molecular flexibility index (Phi) is 1.98. The Labute approximate surface area is 96.4 Å². The summed E-state index contributed by atoms with van der Waals surface area (Å²) in [6, 6.07) is 11.7. The maximum atomic E-state index is 10.7. The Balaban J connectivity index is 2.49. The normalized spacial score (nSPS) is 11.1. The van der Waals surface area contributed by atoms with Gasteiger partial charge in [0.25, 0.3) is 0 Å². The Morgan fingerprint density at radius 1 is 1.12 bits per heavy atom. The first-order valence-electron chi connectivity index (χ1n) is 4.85. The summed E-state index contributed by atoms with van der Waals surface area (Å²) in [7, 11) is 0. The van der Waals surface area contributed by atoms with Gasteiger partial charge in [0, 0.05) is 5.39 Å². The number of carbonyl (C=O) groups excluding carboxylic acids is 1. The van der Waals surface area contributed by atoms with Crippen LogP contribution in [0.2, 0.25) is 5.02 Å². The van der Waals surface area contributed by atoms with Crippen molar-refractivity contribution in [3.8, 4) is 0 Å². The summed E-state index contributed by atoms with van der Waals surface area (Å²) in [6.45, 7) is 0. The molecule has 3 heteroatoms. The van der Waals surface area contributed by atoms with Gasteiger partial charge in [-0.1, -0.05) is 35.9 Å². The van der Waals surface area contributed by atoms with E-state index in [4.69, 9.17) is 16.0 Å². The second-order valence-electron chi connectivity index (χ2n) is 3.59. The zero-order chi connectivity index (χ0) is 11.1. The van der Waals surface area contributed by atoms with Gasteiger partial charge in [0.15, 0.2) is 12.0 Å². The molecule has 3 aromatic rings. The topological polar surface area (TPSA) is 30.2 Å². The summed E-state index contributed by atoms with van der Waals surface area (Å²) in [6.07, 6.45) is 0.632. The van der Waals surface area contributed by atoms with Crippen molar-refractivity contribution >= 4 is 39.6 Å². The fraction of sp³-hybridized carbons (Fsp3) is 0. The lowest BCUT2D eigenvalue weighted by atomic mass is 10.1. The van der Waals surface area contributed by atoms with Crippen molar-refractivity contribution in [3.63, 3.8) is 0 Å². The average Bonchev–Trinajstić information content (AvgIpc) is 2.63. The lowest BCUT2D eigenvalue weighted by molar-refractivity contribution is 0.110. The molecule has 0 amide bonds. The highest BCUT2D eigenvalue weighted by Crippen LogP contribution is 2.32. The number of benzene rings is 2. The second-order valence-corrected chi connectivity index (χ2v) is 3.97. The quantitative estimate of drug-likeness (QED) is 0.591. The molecule has 0 bridgehead atoms. The predicted molar refractivity (Wildman–Crippen MR) is 64.1 cm³/mol. The summed E-state index contributed by atoms with van der Waals surface area (Å²) < 4.78 is 5.36. The number of aldehydes is 1. The maximum absolute atomic E-state index is 10.7. The standard InChI is InChI=1S/C13H7ClO2/c14-13-10-5-8-3-1-2-4-9(8)6-11(10)16-12(13)7-15/h1-7H. The molecule has 0 atom stereocenters. The van der Waals surface area contributed by atoms with Crippen LogP contribution in [0.4, 0.5) is 0 Å². The first kappa shape index (κ1) is 9.43. The van der Waals surface area contributed by atoms with Gasteiger partial charge in [0.1, 0.15) is 5.58 Å². The molecule has 0 N–H and O–H groups in total. The molecule has 0 aliphatic carbocycles. The average molecular weight is 231 g/mol. The van der Waals surface area contributed by atoms with Crippen LogP contribution in [0.5, 0.6) is 0 Å². The fourth-order valence-electron chi connectivity index (χ4n) is 1.85. The van der Waals surface area contributed by atoms with Crippen LogP contribution in [-0.4, -0.2) is 6.29 Å². The van der Waals surface area contributed by atoms with E-state index in [0.717, 1.165) is 16.2 Å². The van der Waals surface area contributed by atoms with Gasteiger partial charge in [0.05, 0.1) is 5.02 Å². The minimum absolute atomic E-state index is 0.187. The minimum atomic E-state index is 0.187. The highest BCUT2D eigenvalue weighted by atomic mass is 35.5. The first-order valence-corrected chi connectivity index (χ1v) is 5.23. The molecule has 1 heterocycles. The Morgan fingerprint density at radius 2 is 1.81 bits per heavy atom. The van der Waals surface area contributed by atoms with Gasteiger partial charge in [-0.25, -0.2) is 0 Å². The van der Waals surface area contributed by atoms with E-state index in [-0.39, 0.29) is 5.76 Å². The molecule has 3 rings (SSSR count). The van der Waals surface area contributed by atoms with Gasteiger partial charge >= 0.3 is 0 Å². The van der Waals surface area contributed by atoms with E-state index in [1.807, 2.05) is 36.4 Å². The fourth-order valence-corrected chi connectivity index (χ4v) is 2.08. The van der Waals surface area contributed by atoms with Crippen LogP contribution in [0, 0.1) is 0 Å². The number of halogens is 1. The van der Waals surface area contributed by atoms with Gasteiger partial charge in [0.2, 0.25) is 0 Å². The minimum Gasteiger partial charge on any atom is -0.452 e. The van der Waals surface area contributed by atoms with E-state index < -0.39 is 0 Å². The van der Waals surface area contributed by atoms with Crippen molar-refractivity contribution in [2.75, 3.05) is 0 Å². The van der Waals surface area contributed by atoms with Crippen molar-refractivity contribution in [1.29, 1.82) is 0 Å². The van der Waals surface area contributed by atoms with Crippen molar-refractivity contribution in [3.05, 3.63) is 47.2 Å². The second kappa shape index (κ2) is 3.35. The predicted octanol–water partition coefficient (Wildman–Crippen LogP) is 4.05. The maximum Gasteiger partial charge on any atom is 0.186 e. The zero-order valence-electron chi connectivity index (χ0n) is 8.24. The van der Waals surface area contributed by atoms with Crippen molar-refractivity contribution in [1.82, 2.24) is 0 Å². The molecule has 2 nitrogen and oxygen atoms in total. The van der Waals surface area contributed by atoms with Gasteiger partial charge < -0.3 is 4.42 Å². The summed E-state index contributed by atoms with van der Waals surface area (Å²) in [5, 5.41) is 3.31. The molecule has 0 aliphatic rings. The molecule has 0 aliphatic heterocycles. The Bertz CT molecular complexity index is 698. The van der Waals surface area contributed by atoms with Crippen LogP contribution < -0.4 is 0 Å². The third-order valence-corrected chi connectivity index (χ3v) is 3.02. The lowest BCUT2D eigenvalue weighted by Crippen LogP contribution is -1.72. The number of fused-ring (bicyclic) bond motifs is 2. The molecule has 78 valence electrons. The van der Waals surface area contributed by atoms with E-state index >= 15 is 0 Å². The molecular formula is C13H7ClO2. The van der Waals surface area contributed by atoms with Gasteiger partial charge in [-0.05, 0) is 22.9 Å². The molecule has 1 aromatic heterocycles. The van der Waals surface area contributed by atoms with Crippen molar-refractivity contribution < 1.29 is 9.21 Å². The van der Waals surface area contributed by atoms with E-state index in [1.165, 1.54) is 0 Å². The summed E-state index contributed by atoms with van der Waals surface area (Å²) >= 11 is 6.03. The Hall–Kier alpha value is -1.80. The third kappa shape index (κ3) is 1.24. The van der Waals surface area contributed by atoms with Crippen LogP contribution in [0.25, 0.3) is 21.7 Å². The van der Waals surface area contributed by atoms with Gasteiger partial charge in [-0.15, -0.1) is 0 Å². The largest absolute Gasteiger partial charge is 0.452 e. The van der Waals surface area contributed by atoms with Crippen LogP contribution in [0.3, 0.4) is 0 Å². The van der Waals surface area contributed by atoms with E-state index in [0.29, 0.717) is 16.9 Å². The smallest absolute Gasteiger partial charge is 0.186 e. The van der Waals surface area contributed by atoms with E-state index in [2.05, 4.69) is 0 Å². The SMILES string of the molecule is O=Cc1oc2cc3ccccc3cc2c1Cl. The summed E-state index contributed by atoms with van der Waals surface area (Å²) in [5.41, 5.74) is 0.644. The van der Waals surface area contributed by atoms with E-state index in [1.54, 1.807) is 0 Å². The highest BCUT2D eigenvalue weighted by Gasteiger charge is 2.11. The van der Waals surface area contributed by atoms with E-state index in [9.17, 15) is 4.79 Å². The number of hydrogen-bond donors (Lipinski definition) is 0. The van der Waals surface area contributed by atoms with Crippen molar-refractivity contribution in [2.45, 2.75) is 0 Å². The summed E-state index contributed by atoms with van der Waals surface area (Å²) in [4.78, 5) is 10.7. The van der Waals surface area contributed by atoms with Gasteiger partial charge in [-0.2, -0.15) is 0 Å². The monoisotopic (exact) mass is 230 g/mol. The molecule has 0 unspecified atom stereocenters. The highest BCUT2D eigenvalue weighted by molar-refractivity contribution is 6.37. The molecule has 2 aromatic carbocycles. The molecule has 0 saturated heterocycles. The molecule has 0 spiro atoms. The third-order valence-electron chi connectivity index (χ3n) is 2.63. The Morgan fingerprint density at radius 3 is 2.50 bits per heavy atom. The molecule has 0 saturated carbocycles. The van der Waals surface area contributed by atoms with Crippen LogP contribution in [0.15, 0.2) is 40.8 Å². The number of rotatable bonds is 1. The van der Waals surface area contributed by atoms with Gasteiger partial charge in [-0.3, -0.25) is 4.79 Å². The zero-order valence-corrected chi connectivity index (χ0v) is 8.99. The molecule has 0 radical (unpaired) electrons. The number of furan rings is 1. The van der Waals surface area contributed by atoms with Crippen LogP contribution in [0.1, 0.15) is 10.6 Å². The lowest BCUT2D eigenvalue weighted by Gasteiger charge is -1.96. The molecule has 16 heavy (non-hydrogen) atoms. The first-order chi connectivity index (χ1) is 7.79. The van der Waals surface area contributed by atoms with Crippen LogP contribution >= 0.6 is 11.6 Å².